The molecule has 0 saturated carbocycles. The highest BCUT2D eigenvalue weighted by Gasteiger charge is 2.34. The number of nitrogens with one attached hydrogen (secondary N) is 1. The molecule has 0 aliphatic carbocycles. The molecule has 2 aromatic carbocycles. The molecule has 0 atom stereocenters. The predicted octanol–water partition coefficient (Wildman–Crippen LogP) is 3.78. The van der Waals surface area contributed by atoms with Crippen molar-refractivity contribution < 1.29 is 19.1 Å². The van der Waals surface area contributed by atoms with E-state index in [1.54, 1.807) is 37.5 Å². The Morgan fingerprint density at radius 1 is 1.10 bits per heavy atom. The molecule has 1 N–H and O–H groups in total. The number of carbonyl (C=O) groups is 3. The monoisotopic (exact) mass is 410 g/mol. The largest absolute Gasteiger partial charge is 0.497 e. The van der Waals surface area contributed by atoms with Crippen molar-refractivity contribution in [1.82, 2.24) is 10.2 Å². The van der Waals surface area contributed by atoms with Crippen LogP contribution in [0.25, 0.3) is 6.08 Å². The van der Waals surface area contributed by atoms with E-state index in [0.717, 1.165) is 39.1 Å². The van der Waals surface area contributed by atoms with Gasteiger partial charge in [0.2, 0.25) is 0 Å². The van der Waals surface area contributed by atoms with E-state index in [0.29, 0.717) is 10.5 Å². The number of carbonyl (C=O) groups excluding carboxylic acids is 3. The van der Waals surface area contributed by atoms with Crippen molar-refractivity contribution in [3.8, 4) is 5.75 Å². The molecule has 0 bridgehead atoms. The van der Waals surface area contributed by atoms with Crippen LogP contribution in [0.5, 0.6) is 5.75 Å². The molecule has 7 heteroatoms. The summed E-state index contributed by atoms with van der Waals surface area (Å²) in [6, 6.07) is 12.8. The van der Waals surface area contributed by atoms with Crippen molar-refractivity contribution in [2.75, 3.05) is 20.2 Å². The molecule has 1 aliphatic heterocycles. The molecule has 1 aliphatic rings. The number of aryl methyl sites for hydroxylation is 2. The van der Waals surface area contributed by atoms with Crippen LogP contribution in [-0.4, -0.2) is 42.2 Å². The molecule has 29 heavy (non-hydrogen) atoms. The van der Waals surface area contributed by atoms with Gasteiger partial charge in [-0.15, -0.1) is 0 Å². The fourth-order valence-electron chi connectivity index (χ4n) is 3.03. The summed E-state index contributed by atoms with van der Waals surface area (Å²) in [7, 11) is 1.58. The maximum Gasteiger partial charge on any atom is 0.293 e. The molecule has 0 radical (unpaired) electrons. The molecule has 2 aromatic rings. The normalized spacial score (nSPS) is 15.1. The van der Waals surface area contributed by atoms with Gasteiger partial charge < -0.3 is 10.1 Å². The number of rotatable bonds is 6. The van der Waals surface area contributed by atoms with Crippen LogP contribution in [0, 0.1) is 13.8 Å². The summed E-state index contributed by atoms with van der Waals surface area (Å²) in [6.45, 7) is 4.18. The van der Waals surface area contributed by atoms with Crippen LogP contribution < -0.4 is 10.1 Å². The maximum absolute atomic E-state index is 12.6. The number of thioether (sulfide) groups is 1. The summed E-state index contributed by atoms with van der Waals surface area (Å²) in [4.78, 5) is 38.6. The Balaban J connectivity index is 1.59. The van der Waals surface area contributed by atoms with Crippen LogP contribution >= 0.6 is 11.8 Å². The summed E-state index contributed by atoms with van der Waals surface area (Å²) in [5.74, 6) is 0.142. The summed E-state index contributed by atoms with van der Waals surface area (Å²) in [5.41, 5.74) is 3.38. The average Bonchev–Trinajstić information content (AvgIpc) is 2.95. The second-order valence-electron chi connectivity index (χ2n) is 6.74. The van der Waals surface area contributed by atoms with Crippen molar-refractivity contribution in [1.29, 1.82) is 0 Å². The summed E-state index contributed by atoms with van der Waals surface area (Å²) < 4.78 is 5.11. The lowest BCUT2D eigenvalue weighted by atomic mass is 10.1. The molecule has 0 unspecified atom stereocenters. The van der Waals surface area contributed by atoms with E-state index in [1.807, 2.05) is 32.0 Å². The molecule has 3 rings (SSSR count). The Labute approximate surface area is 173 Å². The lowest BCUT2D eigenvalue weighted by molar-refractivity contribution is -0.122. The predicted molar refractivity (Wildman–Crippen MR) is 114 cm³/mol. The molecule has 1 heterocycles. The van der Waals surface area contributed by atoms with Crippen molar-refractivity contribution in [2.45, 2.75) is 13.8 Å². The SMILES string of the molecule is COc1ccc(/C=C2\SC(=O)N(CCNC(=O)c3cc(C)cc(C)c3)C2=O)cc1. The number of benzene rings is 2. The second-order valence-corrected chi connectivity index (χ2v) is 7.73. The Morgan fingerprint density at radius 3 is 2.38 bits per heavy atom. The van der Waals surface area contributed by atoms with Gasteiger partial charge in [0.25, 0.3) is 17.1 Å². The molecule has 0 spiro atoms. The van der Waals surface area contributed by atoms with E-state index < -0.39 is 0 Å². The third kappa shape index (κ3) is 5.06. The molecule has 3 amide bonds. The van der Waals surface area contributed by atoms with Crippen molar-refractivity contribution >= 4 is 34.9 Å². The Kier molecular flexibility index (Phi) is 6.39. The summed E-state index contributed by atoms with van der Waals surface area (Å²) >= 11 is 0.900. The van der Waals surface area contributed by atoms with Crippen molar-refractivity contribution in [2.24, 2.45) is 0 Å². The number of amides is 3. The zero-order valence-electron chi connectivity index (χ0n) is 16.5. The van der Waals surface area contributed by atoms with Gasteiger partial charge in [0, 0.05) is 18.7 Å². The van der Waals surface area contributed by atoms with Gasteiger partial charge in [-0.3, -0.25) is 19.3 Å². The van der Waals surface area contributed by atoms with Gasteiger partial charge in [0.15, 0.2) is 0 Å². The van der Waals surface area contributed by atoms with Crippen LogP contribution in [0.3, 0.4) is 0 Å². The van der Waals surface area contributed by atoms with Gasteiger partial charge >= 0.3 is 0 Å². The van der Waals surface area contributed by atoms with Crippen LogP contribution in [0.15, 0.2) is 47.4 Å². The number of hydrogen-bond acceptors (Lipinski definition) is 5. The minimum atomic E-state index is -0.350. The molecule has 1 saturated heterocycles. The number of hydrogen-bond donors (Lipinski definition) is 1. The highest BCUT2D eigenvalue weighted by atomic mass is 32.2. The van der Waals surface area contributed by atoms with E-state index in [9.17, 15) is 14.4 Å². The molecule has 6 nitrogen and oxygen atoms in total. The molecular formula is C22H22N2O4S. The zero-order chi connectivity index (χ0) is 21.0. The highest BCUT2D eigenvalue weighted by molar-refractivity contribution is 8.18. The third-order valence-corrected chi connectivity index (χ3v) is 5.30. The Hall–Kier alpha value is -3.06. The maximum atomic E-state index is 12.6. The first-order valence-corrected chi connectivity index (χ1v) is 9.95. The van der Waals surface area contributed by atoms with E-state index in [2.05, 4.69) is 5.32 Å². The van der Waals surface area contributed by atoms with Crippen LogP contribution in [0.4, 0.5) is 4.79 Å². The van der Waals surface area contributed by atoms with Gasteiger partial charge in [-0.25, -0.2) is 0 Å². The summed E-state index contributed by atoms with van der Waals surface area (Å²) in [5, 5.41) is 2.43. The van der Waals surface area contributed by atoms with Gasteiger partial charge in [0.1, 0.15) is 5.75 Å². The first-order chi connectivity index (χ1) is 13.9. The second kappa shape index (κ2) is 8.96. The standard InChI is InChI=1S/C22H22N2O4S/c1-14-10-15(2)12-17(11-14)20(25)23-8-9-24-21(26)19(29-22(24)27)13-16-4-6-18(28-3)7-5-16/h4-7,10-13H,8-9H2,1-3H3,(H,23,25)/b19-13-. The topological polar surface area (TPSA) is 75.7 Å². The molecule has 0 aromatic heterocycles. The van der Waals surface area contributed by atoms with Crippen molar-refractivity contribution in [3.05, 3.63) is 69.6 Å². The van der Waals surface area contributed by atoms with Gasteiger partial charge in [-0.05, 0) is 61.5 Å². The number of nitrogens with zero attached hydrogens (tertiary/aromatic N) is 1. The highest BCUT2D eigenvalue weighted by Crippen LogP contribution is 2.32. The lowest BCUT2D eigenvalue weighted by Crippen LogP contribution is -2.37. The van der Waals surface area contributed by atoms with E-state index in [4.69, 9.17) is 4.74 Å². The van der Waals surface area contributed by atoms with E-state index in [1.165, 1.54) is 0 Å². The summed E-state index contributed by atoms with van der Waals surface area (Å²) in [6.07, 6.45) is 1.68. The third-order valence-electron chi connectivity index (χ3n) is 4.39. The fourth-order valence-corrected chi connectivity index (χ4v) is 3.90. The number of ether oxygens (including phenoxy) is 1. The van der Waals surface area contributed by atoms with Gasteiger partial charge in [0.05, 0.1) is 12.0 Å². The van der Waals surface area contributed by atoms with Gasteiger partial charge in [-0.2, -0.15) is 0 Å². The first-order valence-electron chi connectivity index (χ1n) is 9.13. The van der Waals surface area contributed by atoms with E-state index in [-0.39, 0.29) is 30.1 Å². The Morgan fingerprint density at radius 2 is 1.76 bits per heavy atom. The number of imide groups is 1. The van der Waals surface area contributed by atoms with Crippen molar-refractivity contribution in [3.63, 3.8) is 0 Å². The van der Waals surface area contributed by atoms with E-state index >= 15 is 0 Å². The van der Waals surface area contributed by atoms with Crippen LogP contribution in [0.1, 0.15) is 27.0 Å². The lowest BCUT2D eigenvalue weighted by Gasteiger charge is -2.13. The molecule has 1 fully saturated rings. The minimum absolute atomic E-state index is 0.126. The molecular weight excluding hydrogens is 388 g/mol. The minimum Gasteiger partial charge on any atom is -0.497 e. The Bertz CT molecular complexity index is 963. The average molecular weight is 410 g/mol. The van der Waals surface area contributed by atoms with Crippen LogP contribution in [-0.2, 0) is 4.79 Å². The quantitative estimate of drug-likeness (QED) is 0.734. The zero-order valence-corrected chi connectivity index (χ0v) is 17.3. The van der Waals surface area contributed by atoms with Crippen LogP contribution in [0.2, 0.25) is 0 Å². The van der Waals surface area contributed by atoms with Gasteiger partial charge in [-0.1, -0.05) is 29.3 Å². The first kappa shape index (κ1) is 20.7. The number of methoxy groups -OCH3 is 1. The fraction of sp³-hybridized carbons (Fsp3) is 0.227. The smallest absolute Gasteiger partial charge is 0.293 e. The molecule has 150 valence electrons.